The summed E-state index contributed by atoms with van der Waals surface area (Å²) in [5.74, 6) is -0.0416. The lowest BCUT2D eigenvalue weighted by Gasteiger charge is -2.38. The lowest BCUT2D eigenvalue weighted by molar-refractivity contribution is -0.141. The molecule has 10 nitrogen and oxygen atoms in total. The molecule has 0 amide bonds. The molecule has 10 heteroatoms. The Hall–Kier alpha value is -4.47. The summed E-state index contributed by atoms with van der Waals surface area (Å²) in [6, 6.07) is 10.6. The summed E-state index contributed by atoms with van der Waals surface area (Å²) in [7, 11) is 4.60. The normalized spacial score (nSPS) is 22.7. The van der Waals surface area contributed by atoms with Gasteiger partial charge in [-0.1, -0.05) is 0 Å². The largest absolute Gasteiger partial charge is 0.493 e. The molecule has 0 radical (unpaired) electrons. The summed E-state index contributed by atoms with van der Waals surface area (Å²) in [4.78, 5) is 30.4. The van der Waals surface area contributed by atoms with Crippen LogP contribution in [0.1, 0.15) is 39.1 Å². The number of hydrogen-bond acceptors (Lipinski definition) is 10. The van der Waals surface area contributed by atoms with Gasteiger partial charge < -0.3 is 33.2 Å². The minimum atomic E-state index is -0.762. The smallest absolute Gasteiger partial charge is 0.340 e. The van der Waals surface area contributed by atoms with Crippen molar-refractivity contribution in [2.24, 2.45) is 11.8 Å². The van der Waals surface area contributed by atoms with Crippen molar-refractivity contribution in [3.05, 3.63) is 71.0 Å². The van der Waals surface area contributed by atoms with Crippen molar-refractivity contribution in [2.45, 2.75) is 12.0 Å². The Balaban J connectivity index is 1.53. The average Bonchev–Trinajstić information content (AvgIpc) is 3.57. The van der Waals surface area contributed by atoms with Crippen LogP contribution in [0.15, 0.2) is 48.8 Å². The number of ether oxygens (including phenoxy) is 7. The van der Waals surface area contributed by atoms with Gasteiger partial charge in [0.2, 0.25) is 12.5 Å². The van der Waals surface area contributed by atoms with Gasteiger partial charge in [0.25, 0.3) is 0 Å². The van der Waals surface area contributed by atoms with Crippen molar-refractivity contribution in [2.75, 3.05) is 34.7 Å². The number of carbonyl (C=O) groups is 2. The number of fused-ring (bicyclic) bond motifs is 3. The van der Waals surface area contributed by atoms with Gasteiger partial charge in [0, 0.05) is 29.8 Å². The van der Waals surface area contributed by atoms with Crippen molar-refractivity contribution in [3.8, 4) is 28.7 Å². The first-order chi connectivity index (χ1) is 18.5. The van der Waals surface area contributed by atoms with Gasteiger partial charge in [-0.25, -0.2) is 4.79 Å². The van der Waals surface area contributed by atoms with E-state index in [0.717, 1.165) is 11.1 Å². The molecule has 196 valence electrons. The van der Waals surface area contributed by atoms with E-state index in [1.165, 1.54) is 27.5 Å². The van der Waals surface area contributed by atoms with Crippen LogP contribution in [0, 0.1) is 11.8 Å². The fraction of sp³-hybridized carbons (Fsp3) is 0.321. The zero-order valence-corrected chi connectivity index (χ0v) is 21.0. The quantitative estimate of drug-likeness (QED) is 0.447. The van der Waals surface area contributed by atoms with E-state index in [1.807, 2.05) is 24.3 Å². The van der Waals surface area contributed by atoms with Gasteiger partial charge in [-0.15, -0.1) is 0 Å². The molecule has 3 aromatic rings. The Morgan fingerprint density at radius 3 is 2.29 bits per heavy atom. The molecule has 1 saturated heterocycles. The molecule has 0 bridgehead atoms. The minimum Gasteiger partial charge on any atom is -0.493 e. The second-order valence-electron chi connectivity index (χ2n) is 9.16. The number of rotatable bonds is 6. The summed E-state index contributed by atoms with van der Waals surface area (Å²) < 4.78 is 39.6. The van der Waals surface area contributed by atoms with Gasteiger partial charge in [0.1, 0.15) is 6.10 Å². The van der Waals surface area contributed by atoms with Gasteiger partial charge in [-0.05, 0) is 47.5 Å². The molecule has 0 spiro atoms. The number of hydrogen-bond donors (Lipinski definition) is 0. The average molecular weight is 520 g/mol. The van der Waals surface area contributed by atoms with Crippen LogP contribution in [-0.2, 0) is 14.3 Å². The maximum absolute atomic E-state index is 13.3. The molecule has 38 heavy (non-hydrogen) atoms. The first kappa shape index (κ1) is 23.9. The van der Waals surface area contributed by atoms with Gasteiger partial charge in [0.05, 0.1) is 39.4 Å². The van der Waals surface area contributed by atoms with Crippen molar-refractivity contribution >= 4 is 11.9 Å². The minimum absolute atomic E-state index is 0.0715. The van der Waals surface area contributed by atoms with Gasteiger partial charge in [0.15, 0.2) is 23.0 Å². The van der Waals surface area contributed by atoms with Crippen molar-refractivity contribution in [1.29, 1.82) is 0 Å². The molecule has 1 fully saturated rings. The molecule has 3 aliphatic rings. The number of pyridine rings is 1. The molecular weight excluding hydrogens is 494 g/mol. The summed E-state index contributed by atoms with van der Waals surface area (Å²) in [5.41, 5.74) is 2.53. The van der Waals surface area contributed by atoms with E-state index in [-0.39, 0.29) is 19.4 Å². The van der Waals surface area contributed by atoms with Gasteiger partial charge in [-0.2, -0.15) is 0 Å². The van der Waals surface area contributed by atoms with Crippen molar-refractivity contribution in [3.63, 3.8) is 0 Å². The van der Waals surface area contributed by atoms with Crippen LogP contribution in [0.4, 0.5) is 0 Å². The highest BCUT2D eigenvalue weighted by Crippen LogP contribution is 2.56. The topological polar surface area (TPSA) is 112 Å². The van der Waals surface area contributed by atoms with E-state index in [0.29, 0.717) is 39.9 Å². The molecule has 4 atom stereocenters. The number of aromatic nitrogens is 1. The van der Waals surface area contributed by atoms with Crippen LogP contribution in [0.5, 0.6) is 28.7 Å². The Morgan fingerprint density at radius 1 is 0.947 bits per heavy atom. The molecule has 0 unspecified atom stereocenters. The monoisotopic (exact) mass is 519 g/mol. The molecule has 2 aliphatic heterocycles. The zero-order valence-electron chi connectivity index (χ0n) is 21.0. The number of benzene rings is 2. The van der Waals surface area contributed by atoms with Gasteiger partial charge >= 0.3 is 11.9 Å². The molecule has 3 heterocycles. The summed E-state index contributed by atoms with van der Waals surface area (Å²) in [6.07, 6.45) is 2.26. The highest BCUT2D eigenvalue weighted by atomic mass is 16.7. The van der Waals surface area contributed by atoms with Crippen LogP contribution in [0.25, 0.3) is 0 Å². The molecule has 1 aromatic heterocycles. The van der Waals surface area contributed by atoms with E-state index < -0.39 is 29.8 Å². The molecule has 6 rings (SSSR count). The second kappa shape index (κ2) is 9.44. The fourth-order valence-electron chi connectivity index (χ4n) is 5.61. The molecule has 0 saturated carbocycles. The van der Waals surface area contributed by atoms with Crippen molar-refractivity contribution in [1.82, 2.24) is 4.98 Å². The zero-order chi connectivity index (χ0) is 26.4. The van der Waals surface area contributed by atoms with Gasteiger partial charge in [-0.3, -0.25) is 9.78 Å². The number of cyclic esters (lactones) is 1. The first-order valence-corrected chi connectivity index (χ1v) is 12.0. The van der Waals surface area contributed by atoms with Crippen LogP contribution in [0.3, 0.4) is 0 Å². The van der Waals surface area contributed by atoms with Crippen LogP contribution in [-0.4, -0.2) is 51.7 Å². The molecule has 0 N–H and O–H groups in total. The first-order valence-electron chi connectivity index (χ1n) is 12.0. The number of carbonyl (C=O) groups excluding carboxylic acids is 2. The third-order valence-electron chi connectivity index (χ3n) is 7.30. The lowest BCUT2D eigenvalue weighted by atomic mass is 9.66. The Kier molecular flexibility index (Phi) is 5.94. The highest BCUT2D eigenvalue weighted by molar-refractivity contribution is 5.89. The number of methoxy groups -OCH3 is 3. The predicted molar refractivity (Wildman–Crippen MR) is 131 cm³/mol. The molecule has 1 aliphatic carbocycles. The summed E-state index contributed by atoms with van der Waals surface area (Å²) in [6.45, 7) is 0.172. The summed E-state index contributed by atoms with van der Waals surface area (Å²) in [5, 5.41) is 0. The third-order valence-corrected chi connectivity index (χ3v) is 7.30. The van der Waals surface area contributed by atoms with Crippen molar-refractivity contribution < 1.29 is 42.7 Å². The Bertz CT molecular complexity index is 1380. The van der Waals surface area contributed by atoms with Crippen LogP contribution >= 0.6 is 0 Å². The SMILES string of the molecule is COc1cc([C@@H]2c3cc4c(cc3[C@H](OC(=O)c3cccnc3)[C@H]3COC(=O)[C@H]23)OCO4)cc(OC)c1OC. The highest BCUT2D eigenvalue weighted by Gasteiger charge is 2.54. The second-order valence-corrected chi connectivity index (χ2v) is 9.16. The standard InChI is InChI=1S/C28H25NO9/c1-32-21-7-15(8-22(33-2)26(21)34-3)23-16-9-19-20(37-13-36-19)10-17(16)25(18-12-35-28(31)24(18)23)38-27(30)14-5-4-6-29-11-14/h4-11,18,23-25H,12-13H2,1-3H3/t18-,23+,24-,25-/m0/s1. The van der Waals surface area contributed by atoms with E-state index in [2.05, 4.69) is 4.98 Å². The predicted octanol–water partition coefficient (Wildman–Crippen LogP) is 3.67. The van der Waals surface area contributed by atoms with E-state index in [9.17, 15) is 9.59 Å². The molecule has 2 aromatic carbocycles. The lowest BCUT2D eigenvalue weighted by Crippen LogP contribution is -2.36. The maximum atomic E-state index is 13.3. The maximum Gasteiger partial charge on any atom is 0.340 e. The Labute approximate surface area is 218 Å². The fourth-order valence-corrected chi connectivity index (χ4v) is 5.61. The van der Waals surface area contributed by atoms with Crippen LogP contribution in [0.2, 0.25) is 0 Å². The third kappa shape index (κ3) is 3.75. The van der Waals surface area contributed by atoms with E-state index in [1.54, 1.807) is 18.3 Å². The number of nitrogens with zero attached hydrogens (tertiary/aromatic N) is 1. The Morgan fingerprint density at radius 2 is 1.66 bits per heavy atom. The van der Waals surface area contributed by atoms with E-state index >= 15 is 0 Å². The van der Waals surface area contributed by atoms with E-state index in [4.69, 9.17) is 33.2 Å². The number of esters is 2. The summed E-state index contributed by atoms with van der Waals surface area (Å²) >= 11 is 0. The van der Waals surface area contributed by atoms with Crippen LogP contribution < -0.4 is 23.7 Å². The molecular formula is C28H25NO9.